The van der Waals surface area contributed by atoms with Gasteiger partial charge in [-0.1, -0.05) is 31.9 Å². The van der Waals surface area contributed by atoms with Crippen molar-refractivity contribution < 1.29 is 49.4 Å². The first-order chi connectivity index (χ1) is 6.57. The zero-order valence-corrected chi connectivity index (χ0v) is 11.2. The second-order valence-electron chi connectivity index (χ2n) is 3.09. The van der Waals surface area contributed by atoms with Crippen LogP contribution in [-0.2, 0) is 9.59 Å². The Labute approximate surface area is 112 Å². The van der Waals surface area contributed by atoms with E-state index in [1.54, 1.807) is 6.08 Å². The predicted octanol–water partition coefficient (Wildman–Crippen LogP) is -2.42. The first kappa shape index (κ1) is 17.1. The van der Waals surface area contributed by atoms with Crippen LogP contribution in [0.25, 0.3) is 0 Å². The molecular formula is C10H15NaO4. The number of hydrogen-bond acceptors (Lipinski definition) is 3. The van der Waals surface area contributed by atoms with Crippen LogP contribution < -0.4 is 34.7 Å². The van der Waals surface area contributed by atoms with Crippen LogP contribution in [0.1, 0.15) is 32.6 Å². The molecule has 0 aliphatic carbocycles. The number of unbranched alkanes of at least 4 members (excludes halogenated alkanes) is 2. The minimum absolute atomic E-state index is 0. The van der Waals surface area contributed by atoms with Gasteiger partial charge in [0.2, 0.25) is 0 Å². The van der Waals surface area contributed by atoms with Crippen molar-refractivity contribution in [3.05, 3.63) is 12.2 Å². The number of rotatable bonds is 7. The summed E-state index contributed by atoms with van der Waals surface area (Å²) in [5.41, 5.74) is 0. The normalized spacial score (nSPS) is 12.1. The van der Waals surface area contributed by atoms with Crippen LogP contribution in [0, 0.1) is 5.92 Å². The molecular weight excluding hydrogens is 207 g/mol. The Morgan fingerprint density at radius 3 is 2.47 bits per heavy atom. The van der Waals surface area contributed by atoms with Crippen molar-refractivity contribution in [3.63, 3.8) is 0 Å². The molecule has 15 heavy (non-hydrogen) atoms. The molecule has 1 atom stereocenters. The van der Waals surface area contributed by atoms with E-state index in [1.165, 1.54) is 6.08 Å². The second kappa shape index (κ2) is 10.2. The molecule has 0 bridgehead atoms. The Morgan fingerprint density at radius 1 is 1.47 bits per heavy atom. The van der Waals surface area contributed by atoms with Crippen LogP contribution in [0.5, 0.6) is 0 Å². The van der Waals surface area contributed by atoms with E-state index < -0.39 is 24.3 Å². The van der Waals surface area contributed by atoms with Crippen molar-refractivity contribution in [2.45, 2.75) is 32.6 Å². The Balaban J connectivity index is 0. The number of aliphatic carboxylic acids is 2. The van der Waals surface area contributed by atoms with Crippen LogP contribution in [0.15, 0.2) is 12.2 Å². The van der Waals surface area contributed by atoms with Gasteiger partial charge in [0.1, 0.15) is 0 Å². The number of hydrogen-bond donors (Lipinski definition) is 1. The van der Waals surface area contributed by atoms with Crippen molar-refractivity contribution in [2.24, 2.45) is 5.92 Å². The Hall–Kier alpha value is -0.320. The molecule has 0 aliphatic rings. The molecule has 1 N–H and O–H groups in total. The van der Waals surface area contributed by atoms with Gasteiger partial charge in [-0.25, -0.2) is 0 Å². The first-order valence-corrected chi connectivity index (χ1v) is 4.67. The number of carbonyl (C=O) groups is 2. The largest absolute Gasteiger partial charge is 1.00 e. The van der Waals surface area contributed by atoms with Crippen molar-refractivity contribution in [1.82, 2.24) is 0 Å². The van der Waals surface area contributed by atoms with Crippen LogP contribution in [0.4, 0.5) is 0 Å². The summed E-state index contributed by atoms with van der Waals surface area (Å²) in [6.07, 6.45) is 5.47. The van der Waals surface area contributed by atoms with Crippen LogP contribution in [0.2, 0.25) is 0 Å². The molecule has 80 valence electrons. The molecule has 0 spiro atoms. The Bertz CT molecular complexity index is 225. The minimum Gasteiger partial charge on any atom is -0.550 e. The van der Waals surface area contributed by atoms with Gasteiger partial charge in [-0.05, 0) is 6.42 Å². The molecule has 0 heterocycles. The monoisotopic (exact) mass is 222 g/mol. The average molecular weight is 222 g/mol. The summed E-state index contributed by atoms with van der Waals surface area (Å²) < 4.78 is 0. The van der Waals surface area contributed by atoms with Gasteiger partial charge in [-0.15, -0.1) is 0 Å². The van der Waals surface area contributed by atoms with E-state index in [0.29, 0.717) is 0 Å². The Morgan fingerprint density at radius 2 is 2.07 bits per heavy atom. The topological polar surface area (TPSA) is 77.4 Å². The third kappa shape index (κ3) is 9.97. The molecule has 0 radical (unpaired) electrons. The summed E-state index contributed by atoms with van der Waals surface area (Å²) in [5, 5.41) is 18.8. The molecule has 5 heteroatoms. The maximum Gasteiger partial charge on any atom is 1.00 e. The molecule has 0 aromatic heterocycles. The van der Waals surface area contributed by atoms with Gasteiger partial charge < -0.3 is 15.0 Å². The van der Waals surface area contributed by atoms with E-state index >= 15 is 0 Å². The van der Waals surface area contributed by atoms with E-state index in [9.17, 15) is 14.7 Å². The third-order valence-corrected chi connectivity index (χ3v) is 1.80. The fourth-order valence-corrected chi connectivity index (χ4v) is 1.000. The smallest absolute Gasteiger partial charge is 0.550 e. The van der Waals surface area contributed by atoms with Crippen molar-refractivity contribution >= 4 is 11.9 Å². The van der Waals surface area contributed by atoms with E-state index in [1.807, 2.05) is 6.92 Å². The molecule has 0 aromatic rings. The second-order valence-corrected chi connectivity index (χ2v) is 3.09. The molecule has 0 aliphatic heterocycles. The van der Waals surface area contributed by atoms with Gasteiger partial charge in [0.05, 0.1) is 5.92 Å². The number of carboxylic acids is 2. The van der Waals surface area contributed by atoms with E-state index in [2.05, 4.69) is 0 Å². The van der Waals surface area contributed by atoms with Crippen LogP contribution in [0.3, 0.4) is 0 Å². The third-order valence-electron chi connectivity index (χ3n) is 1.80. The van der Waals surface area contributed by atoms with E-state index in [0.717, 1.165) is 19.3 Å². The average Bonchev–Trinajstić information content (AvgIpc) is 2.09. The van der Waals surface area contributed by atoms with Crippen molar-refractivity contribution in [2.75, 3.05) is 0 Å². The van der Waals surface area contributed by atoms with Gasteiger partial charge in [-0.2, -0.15) is 0 Å². The number of carbonyl (C=O) groups excluding carboxylic acids is 1. The first-order valence-electron chi connectivity index (χ1n) is 4.67. The fourth-order valence-electron chi connectivity index (χ4n) is 1.000. The van der Waals surface area contributed by atoms with Gasteiger partial charge in [-0.3, -0.25) is 4.79 Å². The fraction of sp³-hybridized carbons (Fsp3) is 0.600. The summed E-state index contributed by atoms with van der Waals surface area (Å²) >= 11 is 0. The molecule has 0 saturated heterocycles. The molecule has 0 rings (SSSR count). The molecule has 0 amide bonds. The zero-order chi connectivity index (χ0) is 11.0. The summed E-state index contributed by atoms with van der Waals surface area (Å²) in [6, 6.07) is 0. The van der Waals surface area contributed by atoms with Crippen LogP contribution >= 0.6 is 0 Å². The molecule has 0 saturated carbocycles. The quantitative estimate of drug-likeness (QED) is 0.295. The van der Waals surface area contributed by atoms with Gasteiger partial charge in [0.15, 0.2) is 0 Å². The molecule has 4 nitrogen and oxygen atoms in total. The van der Waals surface area contributed by atoms with Gasteiger partial charge >= 0.3 is 35.5 Å². The maximum absolute atomic E-state index is 10.6. The standard InChI is InChI=1S/C10H16O4.Na/c1-2-3-4-5-6-8(10(13)14)7-9(11)12;/h5-6,8H,2-4,7H2,1H3,(H,11,12)(H,13,14);/q;+1/p-1/b6-5+;. The summed E-state index contributed by atoms with van der Waals surface area (Å²) in [5.74, 6) is -3.42. The predicted molar refractivity (Wildman–Crippen MR) is 49.4 cm³/mol. The molecule has 1 unspecified atom stereocenters. The van der Waals surface area contributed by atoms with Gasteiger partial charge in [0, 0.05) is 12.4 Å². The number of allylic oxidation sites excluding steroid dienone is 1. The zero-order valence-electron chi connectivity index (χ0n) is 9.23. The summed E-state index contributed by atoms with van der Waals surface area (Å²) in [6.45, 7) is 2.03. The van der Waals surface area contributed by atoms with Crippen molar-refractivity contribution in [1.29, 1.82) is 0 Å². The molecule has 0 fully saturated rings. The minimum atomic E-state index is -1.34. The van der Waals surface area contributed by atoms with E-state index in [4.69, 9.17) is 5.11 Å². The summed E-state index contributed by atoms with van der Waals surface area (Å²) in [7, 11) is 0. The maximum atomic E-state index is 10.6. The SMILES string of the molecule is CCCC/C=C/C(CC(=O)[O-])C(=O)O.[Na+]. The number of carboxylic acid groups (broad SMARTS) is 2. The van der Waals surface area contributed by atoms with Crippen molar-refractivity contribution in [3.8, 4) is 0 Å². The molecule has 0 aromatic carbocycles. The van der Waals surface area contributed by atoms with Gasteiger partial charge in [0.25, 0.3) is 0 Å². The van der Waals surface area contributed by atoms with Crippen LogP contribution in [-0.4, -0.2) is 17.0 Å². The Kier molecular flexibility index (Phi) is 11.6. The summed E-state index contributed by atoms with van der Waals surface area (Å²) in [4.78, 5) is 20.8. The van der Waals surface area contributed by atoms with E-state index in [-0.39, 0.29) is 29.6 Å².